The van der Waals surface area contributed by atoms with Crippen LogP contribution in [0, 0.1) is 0 Å². The summed E-state index contributed by atoms with van der Waals surface area (Å²) in [5.74, 6) is 2.66. The summed E-state index contributed by atoms with van der Waals surface area (Å²) in [6.07, 6.45) is 3.91. The van der Waals surface area contributed by atoms with Crippen molar-refractivity contribution < 1.29 is 0 Å². The molecule has 0 bridgehead atoms. The molecule has 0 N–H and O–H groups in total. The van der Waals surface area contributed by atoms with Crippen LogP contribution in [0.25, 0.3) is 0 Å². The highest BCUT2D eigenvalue weighted by Crippen LogP contribution is 2.27. The van der Waals surface area contributed by atoms with E-state index in [9.17, 15) is 0 Å². The summed E-state index contributed by atoms with van der Waals surface area (Å²) in [6.45, 7) is 4.55. The first-order valence-corrected chi connectivity index (χ1v) is 5.31. The molecule has 0 aromatic heterocycles. The standard InChI is InChI=1S/C9H16S/c1-3-8-5-6-10-7-9(8)4-2/h3-7H2,1-2H3. The third kappa shape index (κ3) is 1.79. The molecule has 0 saturated carbocycles. The molecule has 1 heterocycles. The number of thioether (sulfide) groups is 1. The summed E-state index contributed by atoms with van der Waals surface area (Å²) in [7, 11) is 0. The van der Waals surface area contributed by atoms with Crippen LogP contribution in [-0.4, -0.2) is 11.5 Å². The smallest absolute Gasteiger partial charge is 0.0146 e. The second-order valence-electron chi connectivity index (χ2n) is 2.72. The minimum Gasteiger partial charge on any atom is -0.157 e. The van der Waals surface area contributed by atoms with Crippen molar-refractivity contribution in [2.45, 2.75) is 33.1 Å². The first-order valence-electron chi connectivity index (χ1n) is 4.16. The van der Waals surface area contributed by atoms with Crippen LogP contribution in [0.3, 0.4) is 0 Å². The van der Waals surface area contributed by atoms with E-state index in [-0.39, 0.29) is 0 Å². The van der Waals surface area contributed by atoms with Crippen LogP contribution in [0.5, 0.6) is 0 Å². The highest BCUT2D eigenvalue weighted by atomic mass is 32.2. The molecule has 0 unspecified atom stereocenters. The quantitative estimate of drug-likeness (QED) is 0.553. The van der Waals surface area contributed by atoms with Gasteiger partial charge in [-0.05, 0) is 25.0 Å². The Hall–Kier alpha value is 0.0900. The molecule has 0 aliphatic carbocycles. The van der Waals surface area contributed by atoms with Crippen molar-refractivity contribution in [3.8, 4) is 0 Å². The van der Waals surface area contributed by atoms with Gasteiger partial charge in [-0.15, -0.1) is 0 Å². The summed E-state index contributed by atoms with van der Waals surface area (Å²) in [5.41, 5.74) is 3.46. The third-order valence-corrected chi connectivity index (χ3v) is 3.22. The zero-order valence-electron chi connectivity index (χ0n) is 6.94. The Morgan fingerprint density at radius 1 is 1.20 bits per heavy atom. The molecule has 0 radical (unpaired) electrons. The van der Waals surface area contributed by atoms with Crippen LogP contribution in [0.4, 0.5) is 0 Å². The number of allylic oxidation sites excluding steroid dienone is 1. The largest absolute Gasteiger partial charge is 0.157 e. The maximum absolute atomic E-state index is 2.28. The molecule has 0 aromatic rings. The molecule has 0 spiro atoms. The van der Waals surface area contributed by atoms with Crippen molar-refractivity contribution >= 4 is 11.8 Å². The first-order chi connectivity index (χ1) is 4.88. The van der Waals surface area contributed by atoms with Gasteiger partial charge in [-0.1, -0.05) is 25.0 Å². The van der Waals surface area contributed by atoms with Crippen molar-refractivity contribution in [1.82, 2.24) is 0 Å². The van der Waals surface area contributed by atoms with Crippen LogP contribution < -0.4 is 0 Å². The van der Waals surface area contributed by atoms with Gasteiger partial charge in [-0.2, -0.15) is 11.8 Å². The summed E-state index contributed by atoms with van der Waals surface area (Å²) in [5, 5.41) is 0. The van der Waals surface area contributed by atoms with E-state index < -0.39 is 0 Å². The Bertz CT molecular complexity index is 120. The van der Waals surface area contributed by atoms with Gasteiger partial charge in [0.1, 0.15) is 0 Å². The normalized spacial score (nSPS) is 19.8. The predicted molar refractivity (Wildman–Crippen MR) is 49.6 cm³/mol. The summed E-state index contributed by atoms with van der Waals surface area (Å²) in [6, 6.07) is 0. The monoisotopic (exact) mass is 156 g/mol. The van der Waals surface area contributed by atoms with E-state index >= 15 is 0 Å². The van der Waals surface area contributed by atoms with E-state index in [1.54, 1.807) is 11.1 Å². The maximum Gasteiger partial charge on any atom is 0.0146 e. The molecule has 0 aromatic carbocycles. The second-order valence-corrected chi connectivity index (χ2v) is 3.82. The van der Waals surface area contributed by atoms with Gasteiger partial charge in [0, 0.05) is 5.75 Å². The van der Waals surface area contributed by atoms with Crippen LogP contribution >= 0.6 is 11.8 Å². The van der Waals surface area contributed by atoms with Crippen molar-refractivity contribution in [2.24, 2.45) is 0 Å². The van der Waals surface area contributed by atoms with Gasteiger partial charge in [0.15, 0.2) is 0 Å². The number of hydrogen-bond donors (Lipinski definition) is 0. The molecule has 1 aliphatic heterocycles. The average Bonchev–Trinajstić information content (AvgIpc) is 2.04. The lowest BCUT2D eigenvalue weighted by atomic mass is 10.0. The topological polar surface area (TPSA) is 0 Å². The fourth-order valence-electron chi connectivity index (χ4n) is 1.45. The van der Waals surface area contributed by atoms with Crippen molar-refractivity contribution in [1.29, 1.82) is 0 Å². The maximum atomic E-state index is 2.28. The number of rotatable bonds is 2. The minimum absolute atomic E-state index is 1.27. The molecular formula is C9H16S. The van der Waals surface area contributed by atoms with Crippen LogP contribution in [-0.2, 0) is 0 Å². The molecule has 1 rings (SSSR count). The Kier molecular flexibility index (Phi) is 3.33. The average molecular weight is 156 g/mol. The van der Waals surface area contributed by atoms with Crippen LogP contribution in [0.15, 0.2) is 11.1 Å². The fourth-order valence-corrected chi connectivity index (χ4v) is 2.64. The van der Waals surface area contributed by atoms with E-state index in [4.69, 9.17) is 0 Å². The SMILES string of the molecule is CCC1=C(CC)CSCC1. The minimum atomic E-state index is 1.27. The molecular weight excluding hydrogens is 140 g/mol. The van der Waals surface area contributed by atoms with Gasteiger partial charge in [0.2, 0.25) is 0 Å². The van der Waals surface area contributed by atoms with Crippen molar-refractivity contribution in [3.05, 3.63) is 11.1 Å². The molecule has 0 nitrogen and oxygen atoms in total. The van der Waals surface area contributed by atoms with Gasteiger partial charge in [0.05, 0.1) is 0 Å². The third-order valence-electron chi connectivity index (χ3n) is 2.18. The van der Waals surface area contributed by atoms with E-state index in [2.05, 4.69) is 25.6 Å². The Morgan fingerprint density at radius 2 is 1.90 bits per heavy atom. The molecule has 1 aliphatic rings. The van der Waals surface area contributed by atoms with Gasteiger partial charge < -0.3 is 0 Å². The second kappa shape index (κ2) is 4.07. The van der Waals surface area contributed by atoms with Crippen LogP contribution in [0.2, 0.25) is 0 Å². The molecule has 58 valence electrons. The molecule has 10 heavy (non-hydrogen) atoms. The lowest BCUT2D eigenvalue weighted by molar-refractivity contribution is 0.906. The zero-order chi connectivity index (χ0) is 7.40. The molecule has 0 amide bonds. The molecule has 0 atom stereocenters. The van der Waals surface area contributed by atoms with E-state index in [1.165, 1.54) is 30.8 Å². The summed E-state index contributed by atoms with van der Waals surface area (Å²) < 4.78 is 0. The van der Waals surface area contributed by atoms with Gasteiger partial charge >= 0.3 is 0 Å². The Balaban J connectivity index is 2.63. The molecule has 0 fully saturated rings. The van der Waals surface area contributed by atoms with E-state index in [1.807, 2.05) is 0 Å². The summed E-state index contributed by atoms with van der Waals surface area (Å²) >= 11 is 2.09. The zero-order valence-corrected chi connectivity index (χ0v) is 7.76. The van der Waals surface area contributed by atoms with E-state index in [0.29, 0.717) is 0 Å². The number of hydrogen-bond acceptors (Lipinski definition) is 1. The van der Waals surface area contributed by atoms with E-state index in [0.717, 1.165) is 0 Å². The Morgan fingerprint density at radius 3 is 2.40 bits per heavy atom. The van der Waals surface area contributed by atoms with Crippen molar-refractivity contribution in [2.75, 3.05) is 11.5 Å². The highest BCUT2D eigenvalue weighted by Gasteiger charge is 2.08. The van der Waals surface area contributed by atoms with Gasteiger partial charge in [0.25, 0.3) is 0 Å². The van der Waals surface area contributed by atoms with Gasteiger partial charge in [-0.3, -0.25) is 0 Å². The van der Waals surface area contributed by atoms with Gasteiger partial charge in [-0.25, -0.2) is 0 Å². The highest BCUT2D eigenvalue weighted by molar-refractivity contribution is 7.99. The lowest BCUT2D eigenvalue weighted by Crippen LogP contribution is -2.02. The van der Waals surface area contributed by atoms with Crippen molar-refractivity contribution in [3.63, 3.8) is 0 Å². The Labute approximate surface area is 68.1 Å². The van der Waals surface area contributed by atoms with Crippen LogP contribution in [0.1, 0.15) is 33.1 Å². The summed E-state index contributed by atoms with van der Waals surface area (Å²) in [4.78, 5) is 0. The molecule has 0 saturated heterocycles. The first kappa shape index (κ1) is 8.19. The fraction of sp³-hybridized carbons (Fsp3) is 0.778. The lowest BCUT2D eigenvalue weighted by Gasteiger charge is -2.17. The molecule has 1 heteroatoms. The predicted octanol–water partition coefficient (Wildman–Crippen LogP) is 3.24.